The first-order valence-corrected chi connectivity index (χ1v) is 9.75. The fourth-order valence-corrected chi connectivity index (χ4v) is 3.68. The minimum absolute atomic E-state index is 0.143. The zero-order valence-electron chi connectivity index (χ0n) is 15.8. The third kappa shape index (κ3) is 4.91. The Morgan fingerprint density at radius 1 is 1.10 bits per heavy atom. The molecule has 156 valence electrons. The molecule has 2 aromatic carbocycles. The number of benzene rings is 2. The van der Waals surface area contributed by atoms with E-state index in [2.05, 4.69) is 5.32 Å². The van der Waals surface area contributed by atoms with Crippen LogP contribution in [0.1, 0.15) is 27.0 Å². The molecule has 0 atom stereocenters. The van der Waals surface area contributed by atoms with Crippen LogP contribution in [0.3, 0.4) is 0 Å². The van der Waals surface area contributed by atoms with Crippen LogP contribution < -0.4 is 5.32 Å². The predicted octanol–water partition coefficient (Wildman–Crippen LogP) is 4.48. The zero-order chi connectivity index (χ0) is 21.9. The van der Waals surface area contributed by atoms with Gasteiger partial charge in [-0.1, -0.05) is 42.0 Å². The summed E-state index contributed by atoms with van der Waals surface area (Å²) >= 11 is 0.779. The van der Waals surface area contributed by atoms with Crippen molar-refractivity contribution in [2.24, 2.45) is 0 Å². The van der Waals surface area contributed by atoms with Crippen molar-refractivity contribution >= 4 is 34.9 Å². The zero-order valence-corrected chi connectivity index (χ0v) is 16.6. The van der Waals surface area contributed by atoms with Crippen molar-refractivity contribution < 1.29 is 27.6 Å². The predicted molar refractivity (Wildman–Crippen MR) is 108 cm³/mol. The molecule has 1 fully saturated rings. The molecule has 1 aliphatic heterocycles. The Bertz CT molecular complexity index is 1020. The lowest BCUT2D eigenvalue weighted by molar-refractivity contribution is -0.138. The molecule has 0 bridgehead atoms. The van der Waals surface area contributed by atoms with Crippen molar-refractivity contribution in [3.8, 4) is 0 Å². The van der Waals surface area contributed by atoms with Gasteiger partial charge in [-0.2, -0.15) is 13.2 Å². The molecule has 0 spiro atoms. The number of thioether (sulfide) groups is 1. The molecule has 0 unspecified atom stereocenters. The summed E-state index contributed by atoms with van der Waals surface area (Å²) in [6, 6.07) is 11.8. The maximum absolute atomic E-state index is 13.0. The van der Waals surface area contributed by atoms with Crippen molar-refractivity contribution in [2.75, 3.05) is 13.1 Å². The minimum atomic E-state index is -4.67. The van der Waals surface area contributed by atoms with E-state index in [9.17, 15) is 27.6 Å². The first-order valence-electron chi connectivity index (χ1n) is 8.93. The summed E-state index contributed by atoms with van der Waals surface area (Å²) in [5, 5.41) is 1.84. The van der Waals surface area contributed by atoms with Crippen LogP contribution in [0, 0.1) is 6.92 Å². The lowest BCUT2D eigenvalue weighted by Crippen LogP contribution is -2.37. The van der Waals surface area contributed by atoms with Gasteiger partial charge in [-0.25, -0.2) is 0 Å². The molecular formula is C21H17F3N2O3S. The van der Waals surface area contributed by atoms with Crippen molar-refractivity contribution in [3.63, 3.8) is 0 Å². The van der Waals surface area contributed by atoms with Gasteiger partial charge in [-0.15, -0.1) is 0 Å². The van der Waals surface area contributed by atoms with Crippen molar-refractivity contribution in [1.82, 2.24) is 10.2 Å². The van der Waals surface area contributed by atoms with E-state index in [4.69, 9.17) is 0 Å². The highest BCUT2D eigenvalue weighted by molar-refractivity contribution is 8.18. The normalized spacial score (nSPS) is 15.7. The largest absolute Gasteiger partial charge is 0.417 e. The second-order valence-electron chi connectivity index (χ2n) is 6.54. The standard InChI is InChI=1S/C21H17F3N2O3S/c1-13-6-8-14(9-7-13)12-17-19(28)26(20(29)30-17)11-10-25-18(27)15-4-2-3-5-16(15)21(22,23)24/h2-9,12H,10-11H2,1H3,(H,25,27)/b17-12-. The molecule has 0 saturated carbocycles. The second-order valence-corrected chi connectivity index (χ2v) is 7.54. The highest BCUT2D eigenvalue weighted by Crippen LogP contribution is 2.33. The molecule has 0 aliphatic carbocycles. The number of amides is 3. The number of carbonyl (C=O) groups is 3. The summed E-state index contributed by atoms with van der Waals surface area (Å²) < 4.78 is 39.1. The molecule has 3 amide bonds. The van der Waals surface area contributed by atoms with E-state index in [0.717, 1.165) is 39.9 Å². The number of alkyl halides is 3. The average Bonchev–Trinajstić information content (AvgIpc) is 2.96. The van der Waals surface area contributed by atoms with Gasteiger partial charge in [-0.3, -0.25) is 19.3 Å². The van der Waals surface area contributed by atoms with E-state index < -0.39 is 34.4 Å². The maximum Gasteiger partial charge on any atom is 0.417 e. The van der Waals surface area contributed by atoms with Crippen LogP contribution in [0.4, 0.5) is 18.0 Å². The van der Waals surface area contributed by atoms with E-state index in [0.29, 0.717) is 0 Å². The van der Waals surface area contributed by atoms with Crippen LogP contribution in [-0.2, 0) is 11.0 Å². The molecule has 30 heavy (non-hydrogen) atoms. The smallest absolute Gasteiger partial charge is 0.350 e. The molecule has 0 aromatic heterocycles. The van der Waals surface area contributed by atoms with E-state index in [-0.39, 0.29) is 18.0 Å². The number of hydrogen-bond acceptors (Lipinski definition) is 4. The number of imide groups is 1. The number of carbonyl (C=O) groups excluding carboxylic acids is 3. The van der Waals surface area contributed by atoms with Crippen LogP contribution in [0.25, 0.3) is 6.08 Å². The van der Waals surface area contributed by atoms with Gasteiger partial charge >= 0.3 is 6.18 Å². The fraction of sp³-hybridized carbons (Fsp3) is 0.190. The Morgan fingerprint density at radius 2 is 1.77 bits per heavy atom. The molecule has 1 aliphatic rings. The molecule has 9 heteroatoms. The Labute approximate surface area is 174 Å². The summed E-state index contributed by atoms with van der Waals surface area (Å²) in [6.45, 7) is 1.62. The van der Waals surface area contributed by atoms with Crippen LogP contribution in [0.5, 0.6) is 0 Å². The molecule has 2 aromatic rings. The van der Waals surface area contributed by atoms with Gasteiger partial charge in [0, 0.05) is 13.1 Å². The first kappa shape index (κ1) is 21.6. The quantitative estimate of drug-likeness (QED) is 0.705. The molecule has 1 N–H and O–H groups in total. The summed E-state index contributed by atoms with van der Waals surface area (Å²) in [6.07, 6.45) is -3.07. The highest BCUT2D eigenvalue weighted by Gasteiger charge is 2.36. The summed E-state index contributed by atoms with van der Waals surface area (Å²) in [7, 11) is 0. The van der Waals surface area contributed by atoms with Crippen LogP contribution in [-0.4, -0.2) is 35.0 Å². The molecule has 1 heterocycles. The van der Waals surface area contributed by atoms with Gasteiger partial charge in [0.1, 0.15) is 0 Å². The monoisotopic (exact) mass is 434 g/mol. The minimum Gasteiger partial charge on any atom is -0.350 e. The number of halogens is 3. The van der Waals surface area contributed by atoms with E-state index in [1.54, 1.807) is 6.08 Å². The van der Waals surface area contributed by atoms with Crippen LogP contribution >= 0.6 is 11.8 Å². The first-order chi connectivity index (χ1) is 14.2. The Balaban J connectivity index is 1.63. The maximum atomic E-state index is 13.0. The van der Waals surface area contributed by atoms with Crippen LogP contribution in [0.15, 0.2) is 53.4 Å². The van der Waals surface area contributed by atoms with Gasteiger partial charge in [0.15, 0.2) is 0 Å². The van der Waals surface area contributed by atoms with Gasteiger partial charge in [0.2, 0.25) is 0 Å². The number of hydrogen-bond donors (Lipinski definition) is 1. The number of nitrogens with zero attached hydrogens (tertiary/aromatic N) is 1. The molecule has 0 radical (unpaired) electrons. The molecule has 5 nitrogen and oxygen atoms in total. The summed E-state index contributed by atoms with van der Waals surface area (Å²) in [5.74, 6) is -1.43. The van der Waals surface area contributed by atoms with Gasteiger partial charge in [0.25, 0.3) is 17.1 Å². The molecule has 3 rings (SSSR count). The molecular weight excluding hydrogens is 417 g/mol. The topological polar surface area (TPSA) is 66.5 Å². The average molecular weight is 434 g/mol. The highest BCUT2D eigenvalue weighted by atomic mass is 32.2. The Hall–Kier alpha value is -3.07. The Kier molecular flexibility index (Phi) is 6.31. The molecule has 1 saturated heterocycles. The van der Waals surface area contributed by atoms with Gasteiger partial charge in [0.05, 0.1) is 16.0 Å². The van der Waals surface area contributed by atoms with Gasteiger partial charge in [-0.05, 0) is 42.5 Å². The number of nitrogens with one attached hydrogen (secondary N) is 1. The van der Waals surface area contributed by atoms with Gasteiger partial charge < -0.3 is 5.32 Å². The second kappa shape index (κ2) is 8.74. The van der Waals surface area contributed by atoms with E-state index >= 15 is 0 Å². The van der Waals surface area contributed by atoms with E-state index in [1.165, 1.54) is 12.1 Å². The van der Waals surface area contributed by atoms with Crippen molar-refractivity contribution in [2.45, 2.75) is 13.1 Å². The fourth-order valence-electron chi connectivity index (χ4n) is 2.81. The van der Waals surface area contributed by atoms with Crippen LogP contribution in [0.2, 0.25) is 0 Å². The lowest BCUT2D eigenvalue weighted by atomic mass is 10.1. The lowest BCUT2D eigenvalue weighted by Gasteiger charge is -2.15. The summed E-state index contributed by atoms with van der Waals surface area (Å²) in [5.41, 5.74) is 0.263. The number of rotatable bonds is 5. The van der Waals surface area contributed by atoms with E-state index in [1.807, 2.05) is 31.2 Å². The Morgan fingerprint density at radius 3 is 2.43 bits per heavy atom. The SMILES string of the molecule is Cc1ccc(/C=C2\SC(=O)N(CCNC(=O)c3ccccc3C(F)(F)F)C2=O)cc1. The third-order valence-corrected chi connectivity index (χ3v) is 5.25. The summed E-state index contributed by atoms with van der Waals surface area (Å²) in [4.78, 5) is 38.0. The number of aryl methyl sites for hydroxylation is 1. The van der Waals surface area contributed by atoms with Crippen molar-refractivity contribution in [1.29, 1.82) is 0 Å². The van der Waals surface area contributed by atoms with Crippen molar-refractivity contribution in [3.05, 3.63) is 75.7 Å². The third-order valence-electron chi connectivity index (χ3n) is 4.35.